The van der Waals surface area contributed by atoms with E-state index in [1.807, 2.05) is 61.5 Å². The first kappa shape index (κ1) is 30.6. The molecule has 2 amide bonds. The number of carbonyl (C=O) groups is 2. The molecule has 0 saturated heterocycles. The minimum Gasteiger partial charge on any atom is -0.486 e. The minimum absolute atomic E-state index is 0.0278. The van der Waals surface area contributed by atoms with E-state index >= 15 is 0 Å². The molecule has 0 unspecified atom stereocenters. The Bertz CT molecular complexity index is 1710. The summed E-state index contributed by atoms with van der Waals surface area (Å²) in [5.74, 6) is -0.0116. The average Bonchev–Trinajstić information content (AvgIpc) is 3.05. The first-order chi connectivity index (χ1) is 21.3. The van der Waals surface area contributed by atoms with Crippen LogP contribution in [0.15, 0.2) is 108 Å². The van der Waals surface area contributed by atoms with Crippen molar-refractivity contribution in [1.82, 2.24) is 10.2 Å². The topological polar surface area (TPSA) is 105 Å². The van der Waals surface area contributed by atoms with Crippen LogP contribution < -0.4 is 19.1 Å². The van der Waals surface area contributed by atoms with Gasteiger partial charge in [0.1, 0.15) is 25.8 Å². The highest BCUT2D eigenvalue weighted by molar-refractivity contribution is 7.92. The lowest BCUT2D eigenvalue weighted by Crippen LogP contribution is -2.53. The van der Waals surface area contributed by atoms with Crippen molar-refractivity contribution in [2.24, 2.45) is 0 Å². The zero-order valence-electron chi connectivity index (χ0n) is 24.7. The van der Waals surface area contributed by atoms with Crippen molar-refractivity contribution >= 4 is 27.5 Å². The van der Waals surface area contributed by atoms with Crippen LogP contribution in [-0.4, -0.2) is 58.0 Å². The molecular formula is C34H35N3O6S. The highest BCUT2D eigenvalue weighted by Gasteiger charge is 2.34. The van der Waals surface area contributed by atoms with E-state index in [0.29, 0.717) is 24.7 Å². The molecule has 228 valence electrons. The maximum atomic E-state index is 14.4. The molecule has 1 aliphatic rings. The number of aryl methyl sites for hydroxylation is 1. The summed E-state index contributed by atoms with van der Waals surface area (Å²) < 4.78 is 40.7. The molecule has 0 bridgehead atoms. The third-order valence-corrected chi connectivity index (χ3v) is 9.16. The predicted molar refractivity (Wildman–Crippen MR) is 168 cm³/mol. The van der Waals surface area contributed by atoms with Crippen LogP contribution in [-0.2, 0) is 32.6 Å². The van der Waals surface area contributed by atoms with Gasteiger partial charge in [-0.25, -0.2) is 8.42 Å². The molecule has 1 atom stereocenters. The second kappa shape index (κ2) is 13.6. The van der Waals surface area contributed by atoms with Gasteiger partial charge in [0, 0.05) is 26.1 Å². The van der Waals surface area contributed by atoms with Gasteiger partial charge in [0.05, 0.1) is 10.6 Å². The van der Waals surface area contributed by atoms with Crippen molar-refractivity contribution in [2.75, 3.05) is 31.1 Å². The Morgan fingerprint density at radius 2 is 1.48 bits per heavy atom. The number of likely N-dealkylation sites (N-methyl/N-ethyl adjacent to an activating group) is 1. The molecular weight excluding hydrogens is 578 g/mol. The van der Waals surface area contributed by atoms with E-state index in [1.54, 1.807) is 36.4 Å². The maximum absolute atomic E-state index is 14.4. The fourth-order valence-electron chi connectivity index (χ4n) is 5.16. The predicted octanol–water partition coefficient (Wildman–Crippen LogP) is 4.35. The molecule has 10 heteroatoms. The Kier molecular flexibility index (Phi) is 9.50. The molecule has 44 heavy (non-hydrogen) atoms. The van der Waals surface area contributed by atoms with Gasteiger partial charge in [0.25, 0.3) is 10.0 Å². The summed E-state index contributed by atoms with van der Waals surface area (Å²) in [4.78, 5) is 29.3. The number of sulfonamides is 1. The van der Waals surface area contributed by atoms with Crippen molar-refractivity contribution in [3.05, 3.63) is 120 Å². The molecule has 1 heterocycles. The summed E-state index contributed by atoms with van der Waals surface area (Å²) in [7, 11) is -2.69. The largest absolute Gasteiger partial charge is 0.486 e. The summed E-state index contributed by atoms with van der Waals surface area (Å²) in [6.45, 7) is 2.20. The van der Waals surface area contributed by atoms with E-state index in [0.717, 1.165) is 21.0 Å². The molecule has 0 aliphatic carbocycles. The van der Waals surface area contributed by atoms with Crippen molar-refractivity contribution in [1.29, 1.82) is 0 Å². The number of amides is 2. The van der Waals surface area contributed by atoms with Crippen molar-refractivity contribution in [3.63, 3.8) is 0 Å². The Balaban J connectivity index is 1.57. The van der Waals surface area contributed by atoms with Crippen LogP contribution >= 0.6 is 0 Å². The molecule has 4 aromatic carbocycles. The van der Waals surface area contributed by atoms with Crippen LogP contribution in [0.2, 0.25) is 0 Å². The van der Waals surface area contributed by atoms with Gasteiger partial charge in [0.2, 0.25) is 11.8 Å². The van der Waals surface area contributed by atoms with Crippen molar-refractivity contribution in [2.45, 2.75) is 30.8 Å². The number of nitrogens with zero attached hydrogens (tertiary/aromatic N) is 2. The summed E-state index contributed by atoms with van der Waals surface area (Å²) in [5, 5.41) is 2.70. The van der Waals surface area contributed by atoms with E-state index in [-0.39, 0.29) is 29.5 Å². The molecule has 5 rings (SSSR count). The van der Waals surface area contributed by atoms with E-state index in [1.165, 1.54) is 24.1 Å². The number of ether oxygens (including phenoxy) is 2. The van der Waals surface area contributed by atoms with Crippen LogP contribution in [0.3, 0.4) is 0 Å². The lowest BCUT2D eigenvalue weighted by Gasteiger charge is -2.34. The molecule has 9 nitrogen and oxygen atoms in total. The van der Waals surface area contributed by atoms with Crippen molar-refractivity contribution < 1.29 is 27.5 Å². The number of hydrogen-bond acceptors (Lipinski definition) is 6. The van der Waals surface area contributed by atoms with E-state index < -0.39 is 28.5 Å². The van der Waals surface area contributed by atoms with E-state index in [4.69, 9.17) is 9.47 Å². The average molecular weight is 614 g/mol. The number of nitrogens with one attached hydrogen (secondary N) is 1. The Morgan fingerprint density at radius 1 is 0.818 bits per heavy atom. The molecule has 0 fully saturated rings. The lowest BCUT2D eigenvalue weighted by atomic mass is 10.0. The number of rotatable bonds is 11. The third-order valence-electron chi connectivity index (χ3n) is 7.38. The zero-order valence-corrected chi connectivity index (χ0v) is 25.5. The summed E-state index contributed by atoms with van der Waals surface area (Å²) in [5.41, 5.74) is 2.92. The van der Waals surface area contributed by atoms with Crippen LogP contribution in [0.1, 0.15) is 16.7 Å². The number of carbonyl (C=O) groups excluding carboxylic acids is 2. The third kappa shape index (κ3) is 7.03. The van der Waals surface area contributed by atoms with Gasteiger partial charge in [0.15, 0.2) is 11.5 Å². The van der Waals surface area contributed by atoms with Crippen molar-refractivity contribution in [3.8, 4) is 11.5 Å². The van der Waals surface area contributed by atoms with E-state index in [9.17, 15) is 18.0 Å². The Morgan fingerprint density at radius 3 is 2.16 bits per heavy atom. The fraction of sp³-hybridized carbons (Fsp3) is 0.235. The van der Waals surface area contributed by atoms with E-state index in [2.05, 4.69) is 5.32 Å². The summed E-state index contributed by atoms with van der Waals surface area (Å²) in [6.07, 6.45) is 0.244. The van der Waals surface area contributed by atoms with Crippen LogP contribution in [0, 0.1) is 6.92 Å². The molecule has 0 radical (unpaired) electrons. The van der Waals surface area contributed by atoms with Crippen LogP contribution in [0.4, 0.5) is 5.69 Å². The SMILES string of the molecule is CNC(=O)[C@H](Cc1ccccc1)N(Cc1cccc(C)c1)C(=O)CN(c1ccc2c(c1)OCCO2)S(=O)(=O)c1ccccc1. The first-order valence-electron chi connectivity index (χ1n) is 14.3. The van der Waals surface area contributed by atoms with Gasteiger partial charge in [-0.3, -0.25) is 13.9 Å². The second-order valence-electron chi connectivity index (χ2n) is 10.5. The Labute approximate surface area is 258 Å². The maximum Gasteiger partial charge on any atom is 0.264 e. The quantitative estimate of drug-likeness (QED) is 0.270. The van der Waals surface area contributed by atoms with Gasteiger partial charge >= 0.3 is 0 Å². The normalized spacial score (nSPS) is 13.0. The van der Waals surface area contributed by atoms with Gasteiger partial charge in [-0.1, -0.05) is 78.4 Å². The van der Waals surface area contributed by atoms with Gasteiger partial charge in [-0.15, -0.1) is 0 Å². The first-order valence-corrected chi connectivity index (χ1v) is 15.8. The standard InChI is InChI=1S/C34H35N3O6S/c1-25-10-9-13-27(20-25)23-36(30(34(39)35-2)21-26-11-5-3-6-12-26)33(38)24-37(44(40,41)29-14-7-4-8-15-29)28-16-17-31-32(22-28)43-19-18-42-31/h3-17,20,22,30H,18-19,21,23-24H2,1-2H3,(H,35,39)/t30-/m0/s1. The highest BCUT2D eigenvalue weighted by atomic mass is 32.2. The smallest absolute Gasteiger partial charge is 0.264 e. The van der Waals surface area contributed by atoms with Gasteiger partial charge in [-0.2, -0.15) is 0 Å². The lowest BCUT2D eigenvalue weighted by molar-refractivity contribution is -0.139. The Hall–Kier alpha value is -4.83. The number of anilines is 1. The monoisotopic (exact) mass is 613 g/mol. The molecule has 0 saturated carbocycles. The minimum atomic E-state index is -4.21. The zero-order chi connectivity index (χ0) is 31.1. The van der Waals surface area contributed by atoms with Crippen LogP contribution in [0.5, 0.6) is 11.5 Å². The fourth-order valence-corrected chi connectivity index (χ4v) is 6.59. The number of hydrogen-bond donors (Lipinski definition) is 1. The van der Waals surface area contributed by atoms with Gasteiger partial charge < -0.3 is 19.7 Å². The number of fused-ring (bicyclic) bond motifs is 1. The molecule has 1 aliphatic heterocycles. The summed E-state index contributed by atoms with van der Waals surface area (Å²) >= 11 is 0. The molecule has 0 spiro atoms. The second-order valence-corrected chi connectivity index (χ2v) is 12.3. The van der Waals surface area contributed by atoms with Crippen LogP contribution in [0.25, 0.3) is 0 Å². The van der Waals surface area contributed by atoms with Gasteiger partial charge in [-0.05, 0) is 42.3 Å². The molecule has 0 aromatic heterocycles. The number of benzene rings is 4. The molecule has 4 aromatic rings. The highest BCUT2D eigenvalue weighted by Crippen LogP contribution is 2.36. The summed E-state index contributed by atoms with van der Waals surface area (Å²) in [6, 6.07) is 28.9. The molecule has 1 N–H and O–H groups in total.